The first-order valence-electron chi connectivity index (χ1n) is 8.02. The lowest BCUT2D eigenvalue weighted by Gasteiger charge is -2.08. The molecular formula is C20H20N2O2. The van der Waals surface area contributed by atoms with E-state index >= 15 is 0 Å². The van der Waals surface area contributed by atoms with E-state index < -0.39 is 0 Å². The smallest absolute Gasteiger partial charge is 0.220 e. The van der Waals surface area contributed by atoms with Gasteiger partial charge in [-0.15, -0.1) is 0 Å². The fraction of sp³-hybridized carbons (Fsp3) is 0.200. The molecule has 0 saturated carbocycles. The number of carbonyl (C=O) groups is 1. The molecule has 3 aromatic rings. The summed E-state index contributed by atoms with van der Waals surface area (Å²) in [5, 5.41) is 2.96. The first kappa shape index (κ1) is 16.0. The second-order valence-corrected chi connectivity index (χ2v) is 5.73. The number of pyridine rings is 1. The zero-order valence-corrected chi connectivity index (χ0v) is 13.7. The summed E-state index contributed by atoms with van der Waals surface area (Å²) in [6.07, 6.45) is 4.59. The molecule has 122 valence electrons. The number of hydrogen-bond acceptors (Lipinski definition) is 3. The number of hydrogen-bond donors (Lipinski definition) is 1. The molecule has 4 heteroatoms. The summed E-state index contributed by atoms with van der Waals surface area (Å²) >= 11 is 0. The van der Waals surface area contributed by atoms with Crippen LogP contribution in [0.5, 0.6) is 0 Å². The first-order valence-corrected chi connectivity index (χ1v) is 8.02. The van der Waals surface area contributed by atoms with Crippen molar-refractivity contribution < 1.29 is 9.21 Å². The highest BCUT2D eigenvalue weighted by molar-refractivity contribution is 5.76. The Morgan fingerprint density at radius 1 is 1.17 bits per heavy atom. The molecule has 0 aliphatic rings. The molecule has 24 heavy (non-hydrogen) atoms. The number of aryl methyl sites for hydroxylation is 2. The van der Waals surface area contributed by atoms with Crippen LogP contribution < -0.4 is 5.32 Å². The van der Waals surface area contributed by atoms with E-state index in [0.29, 0.717) is 13.0 Å². The van der Waals surface area contributed by atoms with E-state index in [9.17, 15) is 4.79 Å². The average Bonchev–Trinajstić information content (AvgIpc) is 3.14. The summed E-state index contributed by atoms with van der Waals surface area (Å²) in [6, 6.07) is 15.7. The van der Waals surface area contributed by atoms with Gasteiger partial charge >= 0.3 is 0 Å². The molecule has 0 aliphatic carbocycles. The molecule has 0 saturated heterocycles. The molecule has 0 radical (unpaired) electrons. The van der Waals surface area contributed by atoms with Gasteiger partial charge in [0.05, 0.1) is 6.26 Å². The van der Waals surface area contributed by atoms with E-state index in [1.165, 1.54) is 11.1 Å². The van der Waals surface area contributed by atoms with Gasteiger partial charge in [-0.05, 0) is 54.3 Å². The van der Waals surface area contributed by atoms with Crippen LogP contribution in [0, 0.1) is 6.92 Å². The standard InChI is InChI=1S/C20H20N2O2/c1-15-5-2-3-6-17(15)8-9-20(23)22-14-16-10-11-21-18(13-16)19-7-4-12-24-19/h2-7,10-13H,8-9,14H2,1H3,(H,22,23). The summed E-state index contributed by atoms with van der Waals surface area (Å²) < 4.78 is 5.35. The molecule has 4 nitrogen and oxygen atoms in total. The molecule has 1 N–H and O–H groups in total. The second-order valence-electron chi connectivity index (χ2n) is 5.73. The zero-order chi connectivity index (χ0) is 16.8. The predicted molar refractivity (Wildman–Crippen MR) is 93.3 cm³/mol. The van der Waals surface area contributed by atoms with Crippen LogP contribution in [0.25, 0.3) is 11.5 Å². The molecule has 3 rings (SSSR count). The monoisotopic (exact) mass is 320 g/mol. The highest BCUT2D eigenvalue weighted by Crippen LogP contribution is 2.18. The molecule has 0 aliphatic heterocycles. The third kappa shape index (κ3) is 4.10. The minimum absolute atomic E-state index is 0.0506. The van der Waals surface area contributed by atoms with Gasteiger partial charge in [-0.1, -0.05) is 24.3 Å². The topological polar surface area (TPSA) is 55.1 Å². The number of benzene rings is 1. The maximum absolute atomic E-state index is 12.1. The van der Waals surface area contributed by atoms with Crippen LogP contribution in [0.3, 0.4) is 0 Å². The Balaban J connectivity index is 1.53. The Labute approximate surface area is 141 Å². The van der Waals surface area contributed by atoms with Gasteiger partial charge in [-0.25, -0.2) is 0 Å². The predicted octanol–water partition coefficient (Wildman–Crippen LogP) is 3.90. The van der Waals surface area contributed by atoms with Crippen molar-refractivity contribution in [1.82, 2.24) is 10.3 Å². The normalized spacial score (nSPS) is 10.5. The lowest BCUT2D eigenvalue weighted by molar-refractivity contribution is -0.121. The number of amides is 1. The van der Waals surface area contributed by atoms with Crippen LogP contribution in [0.4, 0.5) is 0 Å². The van der Waals surface area contributed by atoms with Crippen molar-refractivity contribution in [2.24, 2.45) is 0 Å². The van der Waals surface area contributed by atoms with Crippen molar-refractivity contribution in [3.8, 4) is 11.5 Å². The Morgan fingerprint density at radius 3 is 2.83 bits per heavy atom. The summed E-state index contributed by atoms with van der Waals surface area (Å²) in [5.74, 6) is 0.775. The molecule has 0 bridgehead atoms. The third-order valence-electron chi connectivity index (χ3n) is 3.97. The number of nitrogens with one attached hydrogen (secondary N) is 1. The SMILES string of the molecule is Cc1ccccc1CCC(=O)NCc1ccnc(-c2ccco2)c1. The lowest BCUT2D eigenvalue weighted by Crippen LogP contribution is -2.23. The van der Waals surface area contributed by atoms with Gasteiger partial charge < -0.3 is 9.73 Å². The van der Waals surface area contributed by atoms with Gasteiger partial charge in [0.2, 0.25) is 5.91 Å². The lowest BCUT2D eigenvalue weighted by atomic mass is 10.0. The molecule has 0 fully saturated rings. The molecule has 1 aromatic carbocycles. The molecule has 0 atom stereocenters. The molecule has 0 spiro atoms. The maximum Gasteiger partial charge on any atom is 0.220 e. The third-order valence-corrected chi connectivity index (χ3v) is 3.97. The van der Waals surface area contributed by atoms with Gasteiger partial charge in [-0.3, -0.25) is 9.78 Å². The van der Waals surface area contributed by atoms with Gasteiger partial charge in [0.25, 0.3) is 0 Å². The second kappa shape index (κ2) is 7.59. The molecule has 2 aromatic heterocycles. The highest BCUT2D eigenvalue weighted by Gasteiger charge is 2.06. The summed E-state index contributed by atoms with van der Waals surface area (Å²) in [6.45, 7) is 2.56. The number of aromatic nitrogens is 1. The first-order chi connectivity index (χ1) is 11.7. The number of nitrogens with zero attached hydrogens (tertiary/aromatic N) is 1. The zero-order valence-electron chi connectivity index (χ0n) is 13.7. The fourth-order valence-corrected chi connectivity index (χ4v) is 2.57. The van der Waals surface area contributed by atoms with Crippen molar-refractivity contribution in [2.75, 3.05) is 0 Å². The summed E-state index contributed by atoms with van der Waals surface area (Å²) in [5.41, 5.74) is 4.21. The van der Waals surface area contributed by atoms with E-state index in [1.54, 1.807) is 12.5 Å². The van der Waals surface area contributed by atoms with Crippen LogP contribution in [0.15, 0.2) is 65.4 Å². The Morgan fingerprint density at radius 2 is 2.04 bits per heavy atom. The quantitative estimate of drug-likeness (QED) is 0.749. The summed E-state index contributed by atoms with van der Waals surface area (Å²) in [7, 11) is 0. The number of rotatable bonds is 6. The highest BCUT2D eigenvalue weighted by atomic mass is 16.3. The van der Waals surface area contributed by atoms with E-state index in [4.69, 9.17) is 4.42 Å². The van der Waals surface area contributed by atoms with Gasteiger partial charge in [-0.2, -0.15) is 0 Å². The van der Waals surface area contributed by atoms with Crippen LogP contribution in [-0.4, -0.2) is 10.9 Å². The maximum atomic E-state index is 12.1. The van der Waals surface area contributed by atoms with Gasteiger partial charge in [0, 0.05) is 19.2 Å². The van der Waals surface area contributed by atoms with Crippen molar-refractivity contribution >= 4 is 5.91 Å². The van der Waals surface area contributed by atoms with Crippen molar-refractivity contribution in [3.05, 3.63) is 77.7 Å². The van der Waals surface area contributed by atoms with Crippen molar-refractivity contribution in [3.63, 3.8) is 0 Å². The van der Waals surface area contributed by atoms with E-state index in [2.05, 4.69) is 29.4 Å². The molecule has 1 amide bonds. The van der Waals surface area contributed by atoms with Crippen molar-refractivity contribution in [1.29, 1.82) is 0 Å². The largest absolute Gasteiger partial charge is 0.463 e. The Hall–Kier alpha value is -2.88. The van der Waals surface area contributed by atoms with Crippen molar-refractivity contribution in [2.45, 2.75) is 26.3 Å². The van der Waals surface area contributed by atoms with Gasteiger partial charge in [0.1, 0.15) is 5.69 Å². The minimum Gasteiger partial charge on any atom is -0.463 e. The van der Waals surface area contributed by atoms with E-state index in [1.807, 2.05) is 36.4 Å². The number of furan rings is 1. The van der Waals surface area contributed by atoms with E-state index in [0.717, 1.165) is 23.4 Å². The Kier molecular flexibility index (Phi) is 5.06. The van der Waals surface area contributed by atoms with Crippen LogP contribution >= 0.6 is 0 Å². The summed E-state index contributed by atoms with van der Waals surface area (Å²) in [4.78, 5) is 16.4. The molecule has 2 heterocycles. The van der Waals surface area contributed by atoms with Crippen LogP contribution in [0.1, 0.15) is 23.1 Å². The van der Waals surface area contributed by atoms with Gasteiger partial charge in [0.15, 0.2) is 5.76 Å². The minimum atomic E-state index is 0.0506. The fourth-order valence-electron chi connectivity index (χ4n) is 2.57. The average molecular weight is 320 g/mol. The molecule has 0 unspecified atom stereocenters. The Bertz CT molecular complexity index is 810. The number of carbonyl (C=O) groups excluding carboxylic acids is 1. The van der Waals surface area contributed by atoms with Crippen LogP contribution in [0.2, 0.25) is 0 Å². The van der Waals surface area contributed by atoms with Crippen LogP contribution in [-0.2, 0) is 17.8 Å². The molecular weight excluding hydrogens is 300 g/mol. The van der Waals surface area contributed by atoms with E-state index in [-0.39, 0.29) is 5.91 Å².